The number of aromatic nitrogens is 3. The molecule has 0 saturated carbocycles. The molecule has 0 aromatic carbocycles. The number of hydrogen-bond acceptors (Lipinski definition) is 3. The molecular weight excluding hydrogens is 224 g/mol. The second-order valence-electron chi connectivity index (χ2n) is 5.31. The van der Waals surface area contributed by atoms with Gasteiger partial charge in [-0.2, -0.15) is 0 Å². The first-order valence-corrected chi connectivity index (χ1v) is 6.75. The van der Waals surface area contributed by atoms with Crippen LogP contribution in [0.15, 0.2) is 18.2 Å². The summed E-state index contributed by atoms with van der Waals surface area (Å²) >= 11 is 0. The highest BCUT2D eigenvalue weighted by Gasteiger charge is 2.21. The van der Waals surface area contributed by atoms with Gasteiger partial charge in [-0.25, -0.2) is 0 Å². The highest BCUT2D eigenvalue weighted by atomic mass is 15.3. The molecule has 2 aromatic rings. The van der Waals surface area contributed by atoms with Crippen LogP contribution in [0, 0.1) is 6.92 Å². The Morgan fingerprint density at radius 1 is 1.28 bits per heavy atom. The molecule has 3 rings (SSSR count). The van der Waals surface area contributed by atoms with Crippen LogP contribution < -0.4 is 0 Å². The monoisotopic (exact) mass is 244 g/mol. The largest absolute Gasteiger partial charge is 0.303 e. The van der Waals surface area contributed by atoms with Gasteiger partial charge in [0.05, 0.1) is 0 Å². The lowest BCUT2D eigenvalue weighted by atomic mass is 10.00. The second kappa shape index (κ2) is 4.69. The fourth-order valence-electron chi connectivity index (χ4n) is 2.92. The molecule has 1 fully saturated rings. The third-order valence-electron chi connectivity index (χ3n) is 4.03. The quantitative estimate of drug-likeness (QED) is 0.811. The average molecular weight is 244 g/mol. The van der Waals surface area contributed by atoms with Gasteiger partial charge in [0.1, 0.15) is 5.82 Å². The van der Waals surface area contributed by atoms with Crippen molar-refractivity contribution >= 4 is 5.65 Å². The lowest BCUT2D eigenvalue weighted by Crippen LogP contribution is -2.38. The number of fused-ring (bicyclic) bond motifs is 1. The molecule has 1 saturated heterocycles. The van der Waals surface area contributed by atoms with E-state index < -0.39 is 0 Å². The maximum absolute atomic E-state index is 4.37. The first-order valence-electron chi connectivity index (χ1n) is 6.75. The first kappa shape index (κ1) is 11.7. The van der Waals surface area contributed by atoms with E-state index in [2.05, 4.69) is 39.5 Å². The summed E-state index contributed by atoms with van der Waals surface area (Å²) in [6, 6.07) is 6.79. The smallest absolute Gasteiger partial charge is 0.160 e. The Morgan fingerprint density at radius 2 is 2.17 bits per heavy atom. The predicted molar refractivity (Wildman–Crippen MR) is 71.7 cm³/mol. The summed E-state index contributed by atoms with van der Waals surface area (Å²) in [6.07, 6.45) is 4.94. The van der Waals surface area contributed by atoms with Crippen molar-refractivity contribution in [1.29, 1.82) is 0 Å². The molecule has 1 aliphatic rings. The molecule has 0 amide bonds. The van der Waals surface area contributed by atoms with Gasteiger partial charge >= 0.3 is 0 Å². The highest BCUT2D eigenvalue weighted by molar-refractivity contribution is 5.39. The first-order chi connectivity index (χ1) is 8.75. The molecule has 0 bridgehead atoms. The molecule has 0 radical (unpaired) electrons. The summed E-state index contributed by atoms with van der Waals surface area (Å²) in [7, 11) is 2.22. The van der Waals surface area contributed by atoms with Crippen LogP contribution in [0.1, 0.15) is 30.8 Å². The number of aryl methyl sites for hydroxylation is 1. The van der Waals surface area contributed by atoms with E-state index in [1.807, 2.05) is 12.1 Å². The van der Waals surface area contributed by atoms with Gasteiger partial charge in [-0.15, -0.1) is 10.2 Å². The van der Waals surface area contributed by atoms with Crippen LogP contribution in [-0.4, -0.2) is 39.1 Å². The van der Waals surface area contributed by atoms with E-state index in [1.165, 1.54) is 31.5 Å². The fraction of sp³-hybridized carbons (Fsp3) is 0.571. The van der Waals surface area contributed by atoms with Gasteiger partial charge in [-0.05, 0) is 45.5 Å². The number of rotatable bonds is 2. The average Bonchev–Trinajstić information content (AvgIpc) is 2.77. The third kappa shape index (κ3) is 2.01. The number of piperidine rings is 1. The molecule has 2 aromatic heterocycles. The van der Waals surface area contributed by atoms with Crippen molar-refractivity contribution in [3.63, 3.8) is 0 Å². The van der Waals surface area contributed by atoms with Gasteiger partial charge < -0.3 is 4.90 Å². The Morgan fingerprint density at radius 3 is 3.00 bits per heavy atom. The summed E-state index contributed by atoms with van der Waals surface area (Å²) in [6.45, 7) is 3.32. The van der Waals surface area contributed by atoms with E-state index in [-0.39, 0.29) is 0 Å². The summed E-state index contributed by atoms with van der Waals surface area (Å²) in [4.78, 5) is 2.46. The van der Waals surface area contributed by atoms with Crippen molar-refractivity contribution < 1.29 is 0 Å². The lowest BCUT2D eigenvalue weighted by Gasteiger charge is -2.31. The molecule has 3 heterocycles. The number of likely N-dealkylation sites (tertiary alicyclic amines) is 1. The van der Waals surface area contributed by atoms with Crippen molar-refractivity contribution in [1.82, 2.24) is 19.5 Å². The lowest BCUT2D eigenvalue weighted by molar-refractivity contribution is 0.182. The molecule has 1 atom stereocenters. The maximum atomic E-state index is 4.37. The fourth-order valence-corrected chi connectivity index (χ4v) is 2.92. The topological polar surface area (TPSA) is 33.4 Å². The summed E-state index contributed by atoms with van der Waals surface area (Å²) in [5.41, 5.74) is 2.18. The van der Waals surface area contributed by atoms with E-state index in [9.17, 15) is 0 Å². The van der Waals surface area contributed by atoms with Crippen LogP contribution >= 0.6 is 0 Å². The van der Waals surface area contributed by atoms with E-state index in [0.29, 0.717) is 6.04 Å². The van der Waals surface area contributed by atoms with Crippen molar-refractivity contribution in [3.05, 3.63) is 29.7 Å². The summed E-state index contributed by atoms with van der Waals surface area (Å²) < 4.78 is 2.18. The zero-order chi connectivity index (χ0) is 12.5. The Labute approximate surface area is 108 Å². The van der Waals surface area contributed by atoms with Gasteiger partial charge in [0.15, 0.2) is 5.65 Å². The van der Waals surface area contributed by atoms with Gasteiger partial charge in [0.25, 0.3) is 0 Å². The van der Waals surface area contributed by atoms with Crippen LogP contribution in [0.2, 0.25) is 0 Å². The maximum Gasteiger partial charge on any atom is 0.160 e. The minimum absolute atomic E-state index is 0.616. The summed E-state index contributed by atoms with van der Waals surface area (Å²) in [5.74, 6) is 1.10. The molecule has 0 N–H and O–H groups in total. The van der Waals surface area contributed by atoms with Crippen LogP contribution in [0.3, 0.4) is 0 Å². The van der Waals surface area contributed by atoms with Crippen molar-refractivity contribution in [2.45, 2.75) is 38.6 Å². The normalized spacial score (nSPS) is 21.6. The molecular formula is C14H20N4. The third-order valence-corrected chi connectivity index (χ3v) is 4.03. The molecule has 0 aliphatic carbocycles. The molecule has 1 unspecified atom stereocenters. The highest BCUT2D eigenvalue weighted by Crippen LogP contribution is 2.19. The van der Waals surface area contributed by atoms with E-state index in [1.54, 1.807) is 0 Å². The van der Waals surface area contributed by atoms with Crippen molar-refractivity contribution in [3.8, 4) is 0 Å². The van der Waals surface area contributed by atoms with Crippen LogP contribution in [0.25, 0.3) is 5.65 Å². The summed E-state index contributed by atoms with van der Waals surface area (Å²) in [5, 5.41) is 8.64. The minimum atomic E-state index is 0.616. The molecule has 4 nitrogen and oxygen atoms in total. The zero-order valence-corrected chi connectivity index (χ0v) is 11.1. The van der Waals surface area contributed by atoms with Crippen molar-refractivity contribution in [2.24, 2.45) is 0 Å². The number of hydrogen-bond donors (Lipinski definition) is 0. The Balaban J connectivity index is 1.90. The molecule has 0 spiro atoms. The Bertz CT molecular complexity index is 546. The Kier molecular flexibility index (Phi) is 3.04. The van der Waals surface area contributed by atoms with Crippen LogP contribution in [-0.2, 0) is 6.42 Å². The number of likely N-dealkylation sites (N-methyl/N-ethyl adjacent to an activating group) is 1. The molecule has 1 aliphatic heterocycles. The van der Waals surface area contributed by atoms with Crippen LogP contribution in [0.5, 0.6) is 0 Å². The van der Waals surface area contributed by atoms with Crippen LogP contribution in [0.4, 0.5) is 0 Å². The molecule has 4 heteroatoms. The van der Waals surface area contributed by atoms with Gasteiger partial charge in [0, 0.05) is 18.2 Å². The zero-order valence-electron chi connectivity index (χ0n) is 11.1. The number of pyridine rings is 1. The van der Waals surface area contributed by atoms with Crippen molar-refractivity contribution in [2.75, 3.05) is 13.6 Å². The number of nitrogens with zero attached hydrogens (tertiary/aromatic N) is 4. The molecule has 18 heavy (non-hydrogen) atoms. The van der Waals surface area contributed by atoms with E-state index in [4.69, 9.17) is 0 Å². The standard InChI is InChI=1S/C14H20N4/c1-11-6-5-8-13-15-16-14(18(11)13)10-12-7-3-4-9-17(12)2/h5-6,8,12H,3-4,7,9-10H2,1-2H3. The minimum Gasteiger partial charge on any atom is -0.303 e. The Hall–Kier alpha value is -1.42. The van der Waals surface area contributed by atoms with Gasteiger partial charge in [0.2, 0.25) is 0 Å². The van der Waals surface area contributed by atoms with Gasteiger partial charge in [-0.3, -0.25) is 4.40 Å². The van der Waals surface area contributed by atoms with Gasteiger partial charge in [-0.1, -0.05) is 12.5 Å². The predicted octanol–water partition coefficient (Wildman–Crippen LogP) is 2.06. The van der Waals surface area contributed by atoms with E-state index in [0.717, 1.165) is 17.9 Å². The SMILES string of the molecule is Cc1cccc2nnc(CC3CCCCN3C)n12. The second-order valence-corrected chi connectivity index (χ2v) is 5.31. The molecule has 96 valence electrons. The van der Waals surface area contributed by atoms with E-state index >= 15 is 0 Å².